The highest BCUT2D eigenvalue weighted by molar-refractivity contribution is 5.68. The van der Waals surface area contributed by atoms with Gasteiger partial charge in [0.15, 0.2) is 0 Å². The normalized spacial score (nSPS) is 19.4. The summed E-state index contributed by atoms with van der Waals surface area (Å²) in [6, 6.07) is 3.91. The second-order valence-electron chi connectivity index (χ2n) is 3.97. The predicted molar refractivity (Wildman–Crippen MR) is 61.4 cm³/mol. The van der Waals surface area contributed by atoms with Crippen LogP contribution in [0.2, 0.25) is 0 Å². The van der Waals surface area contributed by atoms with Crippen molar-refractivity contribution in [3.63, 3.8) is 0 Å². The number of rotatable bonds is 3. The maximum absolute atomic E-state index is 11.8. The lowest BCUT2D eigenvalue weighted by atomic mass is 10.1. The van der Waals surface area contributed by atoms with Gasteiger partial charge in [0.05, 0.1) is 12.6 Å². The van der Waals surface area contributed by atoms with Gasteiger partial charge in [0.1, 0.15) is 6.61 Å². The first-order chi connectivity index (χ1) is 8.33. The molecule has 0 radical (unpaired) electrons. The molecule has 1 aliphatic rings. The van der Waals surface area contributed by atoms with E-state index < -0.39 is 0 Å². The fourth-order valence-electron chi connectivity index (χ4n) is 2.13. The Balaban J connectivity index is 2.05. The van der Waals surface area contributed by atoms with Gasteiger partial charge in [0, 0.05) is 18.9 Å². The van der Waals surface area contributed by atoms with Crippen LogP contribution in [0.4, 0.5) is 4.79 Å². The van der Waals surface area contributed by atoms with Crippen molar-refractivity contribution in [2.24, 2.45) is 0 Å². The molecule has 1 unspecified atom stereocenters. The summed E-state index contributed by atoms with van der Waals surface area (Å²) in [4.78, 5) is 17.4. The quantitative estimate of drug-likeness (QED) is 0.860. The first-order valence-electron chi connectivity index (χ1n) is 5.77. The van der Waals surface area contributed by atoms with Crippen LogP contribution in [-0.4, -0.2) is 40.8 Å². The SMILES string of the molecule is O=C(OCCO)N1CCCC1c1ccncc1. The second-order valence-corrected chi connectivity index (χ2v) is 3.97. The van der Waals surface area contributed by atoms with Crippen LogP contribution < -0.4 is 0 Å². The lowest BCUT2D eigenvalue weighted by Gasteiger charge is -2.24. The molecule has 5 nitrogen and oxygen atoms in total. The highest BCUT2D eigenvalue weighted by Crippen LogP contribution is 2.31. The number of pyridine rings is 1. The maximum Gasteiger partial charge on any atom is 0.410 e. The van der Waals surface area contributed by atoms with Gasteiger partial charge < -0.3 is 14.7 Å². The molecule has 0 aliphatic carbocycles. The fourth-order valence-corrected chi connectivity index (χ4v) is 2.13. The van der Waals surface area contributed by atoms with Crippen molar-refractivity contribution in [1.82, 2.24) is 9.88 Å². The number of likely N-dealkylation sites (tertiary alicyclic amines) is 1. The van der Waals surface area contributed by atoms with E-state index in [1.54, 1.807) is 17.3 Å². The molecular formula is C12H16N2O3. The van der Waals surface area contributed by atoms with Crippen LogP contribution in [-0.2, 0) is 4.74 Å². The number of hydrogen-bond acceptors (Lipinski definition) is 4. The van der Waals surface area contributed by atoms with E-state index in [1.165, 1.54) is 0 Å². The van der Waals surface area contributed by atoms with Gasteiger partial charge in [-0.15, -0.1) is 0 Å². The van der Waals surface area contributed by atoms with Crippen LogP contribution in [0.5, 0.6) is 0 Å². The van der Waals surface area contributed by atoms with Crippen molar-refractivity contribution in [3.8, 4) is 0 Å². The molecule has 1 aromatic heterocycles. The van der Waals surface area contributed by atoms with E-state index in [-0.39, 0.29) is 25.3 Å². The topological polar surface area (TPSA) is 62.7 Å². The predicted octanol–water partition coefficient (Wildman–Crippen LogP) is 1.35. The molecule has 1 atom stereocenters. The number of carbonyl (C=O) groups excluding carboxylic acids is 1. The van der Waals surface area contributed by atoms with Gasteiger partial charge >= 0.3 is 6.09 Å². The smallest absolute Gasteiger partial charge is 0.410 e. The number of ether oxygens (including phenoxy) is 1. The molecule has 1 aliphatic heterocycles. The number of nitrogens with zero attached hydrogens (tertiary/aromatic N) is 2. The Morgan fingerprint density at radius 2 is 2.29 bits per heavy atom. The Morgan fingerprint density at radius 3 is 3.00 bits per heavy atom. The number of aromatic nitrogens is 1. The standard InChI is InChI=1S/C12H16N2O3/c15-8-9-17-12(16)14-7-1-2-11(14)10-3-5-13-6-4-10/h3-6,11,15H,1-2,7-9H2. The minimum Gasteiger partial charge on any atom is -0.447 e. The molecule has 1 saturated heterocycles. The molecule has 2 rings (SSSR count). The molecule has 92 valence electrons. The summed E-state index contributed by atoms with van der Waals surface area (Å²) in [7, 11) is 0. The number of amides is 1. The minimum atomic E-state index is -0.349. The van der Waals surface area contributed by atoms with Crippen molar-refractivity contribution < 1.29 is 14.6 Å². The van der Waals surface area contributed by atoms with Crippen LogP contribution in [0.25, 0.3) is 0 Å². The van der Waals surface area contributed by atoms with Gasteiger partial charge in [-0.3, -0.25) is 4.98 Å². The van der Waals surface area contributed by atoms with Crippen molar-refractivity contribution in [2.45, 2.75) is 18.9 Å². The van der Waals surface area contributed by atoms with Gasteiger partial charge in [-0.2, -0.15) is 0 Å². The van der Waals surface area contributed by atoms with E-state index in [1.807, 2.05) is 12.1 Å². The lowest BCUT2D eigenvalue weighted by Crippen LogP contribution is -2.31. The Hall–Kier alpha value is -1.62. The molecule has 1 N–H and O–H groups in total. The highest BCUT2D eigenvalue weighted by Gasteiger charge is 2.30. The third-order valence-electron chi connectivity index (χ3n) is 2.90. The molecule has 2 heterocycles. The van der Waals surface area contributed by atoms with Crippen molar-refractivity contribution in [1.29, 1.82) is 0 Å². The van der Waals surface area contributed by atoms with E-state index in [0.29, 0.717) is 6.54 Å². The average Bonchev–Trinajstić information content (AvgIpc) is 2.86. The first-order valence-corrected chi connectivity index (χ1v) is 5.77. The molecule has 1 aromatic rings. The van der Waals surface area contributed by atoms with Crippen molar-refractivity contribution >= 4 is 6.09 Å². The zero-order valence-corrected chi connectivity index (χ0v) is 9.58. The van der Waals surface area contributed by atoms with E-state index in [2.05, 4.69) is 4.98 Å². The van der Waals surface area contributed by atoms with E-state index >= 15 is 0 Å². The highest BCUT2D eigenvalue weighted by atomic mass is 16.6. The minimum absolute atomic E-state index is 0.0540. The number of hydrogen-bond donors (Lipinski definition) is 1. The van der Waals surface area contributed by atoms with Crippen LogP contribution in [0.15, 0.2) is 24.5 Å². The summed E-state index contributed by atoms with van der Waals surface area (Å²) in [5.74, 6) is 0. The maximum atomic E-state index is 11.8. The Kier molecular flexibility index (Phi) is 3.93. The molecule has 0 saturated carbocycles. The third kappa shape index (κ3) is 2.74. The second kappa shape index (κ2) is 5.63. The lowest BCUT2D eigenvalue weighted by molar-refractivity contribution is 0.0807. The molecule has 1 amide bonds. The van der Waals surface area contributed by atoms with Gasteiger partial charge in [-0.25, -0.2) is 4.79 Å². The van der Waals surface area contributed by atoms with Gasteiger partial charge in [-0.05, 0) is 30.5 Å². The third-order valence-corrected chi connectivity index (χ3v) is 2.90. The monoisotopic (exact) mass is 236 g/mol. The Morgan fingerprint density at radius 1 is 1.53 bits per heavy atom. The van der Waals surface area contributed by atoms with Crippen LogP contribution in [0.1, 0.15) is 24.4 Å². The number of aliphatic hydroxyl groups excluding tert-OH is 1. The average molecular weight is 236 g/mol. The van der Waals surface area contributed by atoms with Gasteiger partial charge in [0.2, 0.25) is 0 Å². The van der Waals surface area contributed by atoms with E-state index in [9.17, 15) is 4.79 Å². The molecule has 1 fully saturated rings. The largest absolute Gasteiger partial charge is 0.447 e. The van der Waals surface area contributed by atoms with Gasteiger partial charge in [-0.1, -0.05) is 0 Å². The Labute approximate surface area is 100 Å². The molecule has 0 aromatic carbocycles. The molecule has 17 heavy (non-hydrogen) atoms. The summed E-state index contributed by atoms with van der Waals surface area (Å²) >= 11 is 0. The zero-order valence-electron chi connectivity index (χ0n) is 9.58. The van der Waals surface area contributed by atoms with Crippen LogP contribution >= 0.6 is 0 Å². The first kappa shape index (κ1) is 11.9. The summed E-state index contributed by atoms with van der Waals surface area (Å²) < 4.78 is 4.95. The Bertz CT molecular complexity index is 369. The van der Waals surface area contributed by atoms with E-state index in [4.69, 9.17) is 9.84 Å². The summed E-state index contributed by atoms with van der Waals surface area (Å²) in [5, 5.41) is 8.64. The summed E-state index contributed by atoms with van der Waals surface area (Å²) in [5.41, 5.74) is 1.08. The summed E-state index contributed by atoms with van der Waals surface area (Å²) in [6.07, 6.45) is 5.02. The zero-order chi connectivity index (χ0) is 12.1. The number of aliphatic hydroxyl groups is 1. The fraction of sp³-hybridized carbons (Fsp3) is 0.500. The summed E-state index contributed by atoms with van der Waals surface area (Å²) in [6.45, 7) is 0.620. The molecule has 5 heteroatoms. The molecule has 0 bridgehead atoms. The van der Waals surface area contributed by atoms with Crippen LogP contribution in [0, 0.1) is 0 Å². The van der Waals surface area contributed by atoms with Crippen molar-refractivity contribution in [2.75, 3.05) is 19.8 Å². The molecular weight excluding hydrogens is 220 g/mol. The number of carbonyl (C=O) groups is 1. The van der Waals surface area contributed by atoms with Crippen molar-refractivity contribution in [3.05, 3.63) is 30.1 Å². The molecule has 0 spiro atoms. The van der Waals surface area contributed by atoms with Crippen LogP contribution in [0.3, 0.4) is 0 Å². The van der Waals surface area contributed by atoms with E-state index in [0.717, 1.165) is 18.4 Å². The van der Waals surface area contributed by atoms with Gasteiger partial charge in [0.25, 0.3) is 0 Å².